The molecule has 19 heavy (non-hydrogen) atoms. The minimum atomic E-state index is -0.0592. The van der Waals surface area contributed by atoms with Gasteiger partial charge in [0.15, 0.2) is 0 Å². The van der Waals surface area contributed by atoms with Gasteiger partial charge in [0.05, 0.1) is 11.9 Å². The van der Waals surface area contributed by atoms with E-state index in [2.05, 4.69) is 16.0 Å². The van der Waals surface area contributed by atoms with Crippen molar-refractivity contribution in [3.8, 4) is 0 Å². The Bertz CT molecular complexity index is 453. The van der Waals surface area contributed by atoms with Gasteiger partial charge >= 0.3 is 0 Å². The third-order valence-electron chi connectivity index (χ3n) is 3.88. The second kappa shape index (κ2) is 5.17. The summed E-state index contributed by atoms with van der Waals surface area (Å²) in [5.74, 6) is 0.796. The summed E-state index contributed by atoms with van der Waals surface area (Å²) < 4.78 is 0. The molecule has 1 amide bonds. The van der Waals surface area contributed by atoms with Crippen LogP contribution in [0.2, 0.25) is 0 Å². The summed E-state index contributed by atoms with van der Waals surface area (Å²) in [6.07, 6.45) is 6.12. The highest BCUT2D eigenvalue weighted by molar-refractivity contribution is 5.95. The molecule has 2 saturated heterocycles. The van der Waals surface area contributed by atoms with Crippen molar-refractivity contribution in [2.24, 2.45) is 5.73 Å². The van der Waals surface area contributed by atoms with E-state index < -0.39 is 0 Å². The van der Waals surface area contributed by atoms with Crippen molar-refractivity contribution in [1.29, 1.82) is 0 Å². The Morgan fingerprint density at radius 2 is 2.00 bits per heavy atom. The minimum absolute atomic E-state index is 0.0592. The number of pyridine rings is 1. The van der Waals surface area contributed by atoms with E-state index in [1.165, 1.54) is 19.3 Å². The van der Waals surface area contributed by atoms with Crippen LogP contribution in [0.3, 0.4) is 0 Å². The largest absolute Gasteiger partial charge is 0.370 e. The quantitative estimate of drug-likeness (QED) is 0.866. The zero-order valence-electron chi connectivity index (χ0n) is 11.1. The van der Waals surface area contributed by atoms with Gasteiger partial charge in [0.25, 0.3) is 0 Å². The Morgan fingerprint density at radius 3 is 2.58 bits per heavy atom. The van der Waals surface area contributed by atoms with Crippen LogP contribution >= 0.6 is 0 Å². The average molecular weight is 260 g/mol. The lowest BCUT2D eigenvalue weighted by molar-refractivity contribution is -0.117. The van der Waals surface area contributed by atoms with E-state index in [1.54, 1.807) is 4.90 Å². The van der Waals surface area contributed by atoms with Crippen molar-refractivity contribution >= 4 is 17.4 Å². The fourth-order valence-electron chi connectivity index (χ4n) is 2.83. The van der Waals surface area contributed by atoms with Gasteiger partial charge in [0.2, 0.25) is 5.91 Å². The van der Waals surface area contributed by atoms with Gasteiger partial charge in [-0.1, -0.05) is 0 Å². The second-order valence-corrected chi connectivity index (χ2v) is 5.39. The third kappa shape index (κ3) is 2.56. The number of amides is 1. The van der Waals surface area contributed by atoms with Crippen LogP contribution in [-0.4, -0.2) is 36.6 Å². The van der Waals surface area contributed by atoms with E-state index >= 15 is 0 Å². The zero-order valence-corrected chi connectivity index (χ0v) is 11.1. The maximum atomic E-state index is 11.8. The topological polar surface area (TPSA) is 62.5 Å². The molecule has 2 aliphatic heterocycles. The van der Waals surface area contributed by atoms with Crippen molar-refractivity contribution in [1.82, 2.24) is 4.98 Å². The summed E-state index contributed by atoms with van der Waals surface area (Å²) in [4.78, 5) is 20.2. The Morgan fingerprint density at radius 1 is 1.21 bits per heavy atom. The molecule has 0 spiro atoms. The number of nitrogens with zero attached hydrogens (tertiary/aromatic N) is 3. The van der Waals surface area contributed by atoms with Crippen LogP contribution in [0.5, 0.6) is 0 Å². The molecule has 0 aliphatic carbocycles. The summed E-state index contributed by atoms with van der Waals surface area (Å²) in [5.41, 5.74) is 6.95. The van der Waals surface area contributed by atoms with Crippen molar-refractivity contribution in [2.45, 2.75) is 31.7 Å². The van der Waals surface area contributed by atoms with Crippen molar-refractivity contribution in [3.05, 3.63) is 18.3 Å². The summed E-state index contributed by atoms with van der Waals surface area (Å²) in [7, 11) is 0. The summed E-state index contributed by atoms with van der Waals surface area (Å²) in [5, 5.41) is 0. The van der Waals surface area contributed by atoms with Crippen molar-refractivity contribution in [3.63, 3.8) is 0 Å². The molecule has 5 heteroatoms. The van der Waals surface area contributed by atoms with Gasteiger partial charge in [-0.05, 0) is 31.4 Å². The predicted molar refractivity (Wildman–Crippen MR) is 75.2 cm³/mol. The standard InChI is InChI=1S/C14H20N4O/c15-11-8-14(19)18(10-11)13-5-4-12(9-16-13)17-6-2-1-3-7-17/h4-5,9,11H,1-3,6-8,10,15H2. The Balaban J connectivity index is 1.73. The number of anilines is 2. The summed E-state index contributed by atoms with van der Waals surface area (Å²) in [6.45, 7) is 2.79. The molecule has 102 valence electrons. The van der Waals surface area contributed by atoms with Gasteiger partial charge in [-0.15, -0.1) is 0 Å². The summed E-state index contributed by atoms with van der Waals surface area (Å²) in [6, 6.07) is 3.93. The molecule has 2 N–H and O–H groups in total. The van der Waals surface area contributed by atoms with E-state index in [4.69, 9.17) is 5.73 Å². The first-order valence-corrected chi connectivity index (χ1v) is 7.01. The number of rotatable bonds is 2. The van der Waals surface area contributed by atoms with E-state index in [9.17, 15) is 4.79 Å². The third-order valence-corrected chi connectivity index (χ3v) is 3.88. The lowest BCUT2D eigenvalue weighted by Gasteiger charge is -2.28. The molecule has 3 heterocycles. The van der Waals surface area contributed by atoms with Gasteiger partial charge < -0.3 is 10.6 Å². The van der Waals surface area contributed by atoms with Gasteiger partial charge in [-0.3, -0.25) is 9.69 Å². The first kappa shape index (κ1) is 12.4. The second-order valence-electron chi connectivity index (χ2n) is 5.39. The van der Waals surface area contributed by atoms with E-state index in [0.29, 0.717) is 13.0 Å². The number of nitrogens with two attached hydrogens (primary N) is 1. The van der Waals surface area contributed by atoms with Crippen LogP contribution in [0, 0.1) is 0 Å². The van der Waals surface area contributed by atoms with Crippen LogP contribution in [0.25, 0.3) is 0 Å². The maximum Gasteiger partial charge on any atom is 0.229 e. The Hall–Kier alpha value is -1.62. The lowest BCUT2D eigenvalue weighted by Crippen LogP contribution is -2.30. The van der Waals surface area contributed by atoms with Gasteiger partial charge in [0, 0.05) is 32.1 Å². The smallest absolute Gasteiger partial charge is 0.229 e. The van der Waals surface area contributed by atoms with E-state index in [0.717, 1.165) is 24.6 Å². The molecule has 3 rings (SSSR count). The van der Waals surface area contributed by atoms with Crippen LogP contribution in [0.4, 0.5) is 11.5 Å². The Kier molecular flexibility index (Phi) is 3.38. The van der Waals surface area contributed by atoms with Crippen molar-refractivity contribution < 1.29 is 4.79 Å². The van der Waals surface area contributed by atoms with Crippen LogP contribution in [0.15, 0.2) is 18.3 Å². The molecule has 1 atom stereocenters. The van der Waals surface area contributed by atoms with Crippen LogP contribution < -0.4 is 15.5 Å². The highest BCUT2D eigenvalue weighted by atomic mass is 16.2. The maximum absolute atomic E-state index is 11.8. The fourth-order valence-corrected chi connectivity index (χ4v) is 2.83. The first-order valence-electron chi connectivity index (χ1n) is 7.01. The lowest BCUT2D eigenvalue weighted by atomic mass is 10.1. The normalized spacial score (nSPS) is 24.1. The number of hydrogen-bond donors (Lipinski definition) is 1. The molecule has 0 radical (unpaired) electrons. The molecular formula is C14H20N4O. The number of aromatic nitrogens is 1. The van der Waals surface area contributed by atoms with E-state index in [-0.39, 0.29) is 11.9 Å². The number of carbonyl (C=O) groups excluding carboxylic acids is 1. The molecule has 0 aromatic carbocycles. The molecule has 2 fully saturated rings. The molecule has 0 saturated carbocycles. The van der Waals surface area contributed by atoms with E-state index in [1.807, 2.05) is 12.3 Å². The molecular weight excluding hydrogens is 240 g/mol. The number of carbonyl (C=O) groups is 1. The Labute approximate surface area is 113 Å². The summed E-state index contributed by atoms with van der Waals surface area (Å²) >= 11 is 0. The fraction of sp³-hybridized carbons (Fsp3) is 0.571. The van der Waals surface area contributed by atoms with Crippen molar-refractivity contribution in [2.75, 3.05) is 29.4 Å². The highest BCUT2D eigenvalue weighted by Gasteiger charge is 2.28. The SMILES string of the molecule is NC1CC(=O)N(c2ccc(N3CCCCC3)cn2)C1. The van der Waals surface area contributed by atoms with Crippen LogP contribution in [0.1, 0.15) is 25.7 Å². The van der Waals surface area contributed by atoms with Gasteiger partial charge in [-0.2, -0.15) is 0 Å². The molecule has 0 bridgehead atoms. The number of piperidine rings is 1. The monoisotopic (exact) mass is 260 g/mol. The first-order chi connectivity index (χ1) is 9.24. The number of hydrogen-bond acceptors (Lipinski definition) is 4. The van der Waals surface area contributed by atoms with Gasteiger partial charge in [-0.25, -0.2) is 4.98 Å². The average Bonchev–Trinajstić information content (AvgIpc) is 2.79. The van der Waals surface area contributed by atoms with Crippen LogP contribution in [-0.2, 0) is 4.79 Å². The zero-order chi connectivity index (χ0) is 13.2. The van der Waals surface area contributed by atoms with Gasteiger partial charge in [0.1, 0.15) is 5.82 Å². The molecule has 1 aromatic rings. The molecule has 5 nitrogen and oxygen atoms in total. The predicted octanol–water partition coefficient (Wildman–Crippen LogP) is 1.14. The molecule has 1 aromatic heterocycles. The molecule has 2 aliphatic rings. The minimum Gasteiger partial charge on any atom is -0.370 e. The molecule has 1 unspecified atom stereocenters. The highest BCUT2D eigenvalue weighted by Crippen LogP contribution is 2.23.